The van der Waals surface area contributed by atoms with Crippen LogP contribution in [0.25, 0.3) is 0 Å². The van der Waals surface area contributed by atoms with E-state index in [-0.39, 0.29) is 10.8 Å². The van der Waals surface area contributed by atoms with Gasteiger partial charge in [0.15, 0.2) is 0 Å². The summed E-state index contributed by atoms with van der Waals surface area (Å²) in [6.45, 7) is 12.5. The Balaban J connectivity index is 4.83. The molecule has 0 heteroatoms. The maximum absolute atomic E-state index is 5.42. The molecule has 0 nitrogen and oxygen atoms in total. The fraction of sp³-hybridized carbons (Fsp3) is 0.571. The average molecular weight is 188 g/mol. The zero-order valence-electron chi connectivity index (χ0n) is 10.2. The summed E-state index contributed by atoms with van der Waals surface area (Å²) in [4.78, 5) is 0. The Morgan fingerprint density at radius 2 is 1.57 bits per heavy atom. The van der Waals surface area contributed by atoms with Crippen LogP contribution in [0.1, 0.15) is 41.5 Å². The monoisotopic (exact) mass is 188 g/mol. The van der Waals surface area contributed by atoms with Gasteiger partial charge in [-0.05, 0) is 26.2 Å². The van der Waals surface area contributed by atoms with Crippen molar-refractivity contribution >= 4 is 0 Å². The molecule has 0 bridgehead atoms. The molecule has 0 saturated heterocycles. The molecule has 0 fully saturated rings. The third-order valence-electron chi connectivity index (χ3n) is 1.63. The number of rotatable bonds is 0. The first-order chi connectivity index (χ1) is 6.17. The quantitative estimate of drug-likeness (QED) is 0.509. The minimum Gasteiger partial charge on any atom is -0.115 e. The van der Waals surface area contributed by atoms with Crippen molar-refractivity contribution in [3.05, 3.63) is 11.6 Å². The van der Waals surface area contributed by atoms with Crippen molar-refractivity contribution in [2.75, 3.05) is 0 Å². The van der Waals surface area contributed by atoms with Crippen LogP contribution in [0, 0.1) is 35.0 Å². The number of hydrogen-bond acceptors (Lipinski definition) is 0. The summed E-state index contributed by atoms with van der Waals surface area (Å²) in [5, 5.41) is 0. The molecule has 0 atom stereocenters. The Morgan fingerprint density at radius 3 is 1.86 bits per heavy atom. The van der Waals surface area contributed by atoms with Crippen LogP contribution in [0.15, 0.2) is 11.6 Å². The first kappa shape index (κ1) is 12.9. The molecule has 0 radical (unpaired) electrons. The molecule has 0 aliphatic carbocycles. The highest BCUT2D eigenvalue weighted by atomic mass is 14.2. The molecular weight excluding hydrogens is 168 g/mol. The van der Waals surface area contributed by atoms with Crippen LogP contribution < -0.4 is 0 Å². The largest absolute Gasteiger partial charge is 0.115 e. The number of allylic oxidation sites excluding steroid dienone is 2. The van der Waals surface area contributed by atoms with Crippen LogP contribution in [0.4, 0.5) is 0 Å². The molecule has 0 spiro atoms. The third kappa shape index (κ3) is 5.50. The predicted molar refractivity (Wildman–Crippen MR) is 63.6 cm³/mol. The van der Waals surface area contributed by atoms with E-state index in [9.17, 15) is 0 Å². The van der Waals surface area contributed by atoms with Crippen LogP contribution >= 0.6 is 0 Å². The minimum absolute atomic E-state index is 0.0152. The van der Waals surface area contributed by atoms with Gasteiger partial charge in [0, 0.05) is 17.1 Å². The lowest BCUT2D eigenvalue weighted by atomic mass is 9.86. The van der Waals surface area contributed by atoms with Gasteiger partial charge in [-0.25, -0.2) is 0 Å². The van der Waals surface area contributed by atoms with E-state index in [1.165, 1.54) is 0 Å². The Hall–Kier alpha value is -1.14. The molecule has 0 amide bonds. The van der Waals surface area contributed by atoms with Gasteiger partial charge in [0.2, 0.25) is 0 Å². The fourth-order valence-corrected chi connectivity index (χ4v) is 0.799. The van der Waals surface area contributed by atoms with Crippen LogP contribution in [-0.2, 0) is 0 Å². The van der Waals surface area contributed by atoms with Crippen molar-refractivity contribution in [3.8, 4) is 24.2 Å². The minimum atomic E-state index is 0.0152. The maximum atomic E-state index is 5.42. The van der Waals surface area contributed by atoms with E-state index in [4.69, 9.17) is 6.42 Å². The lowest BCUT2D eigenvalue weighted by Gasteiger charge is -2.17. The normalized spacial score (nSPS) is 12.8. The highest BCUT2D eigenvalue weighted by Crippen LogP contribution is 2.23. The second-order valence-corrected chi connectivity index (χ2v) is 5.47. The first-order valence-electron chi connectivity index (χ1n) is 4.87. The fourth-order valence-electron chi connectivity index (χ4n) is 0.799. The van der Waals surface area contributed by atoms with Gasteiger partial charge in [-0.1, -0.05) is 38.5 Å². The van der Waals surface area contributed by atoms with Crippen molar-refractivity contribution < 1.29 is 0 Å². The smallest absolute Gasteiger partial charge is 0.0233 e. The molecular formula is C14H20. The van der Waals surface area contributed by atoms with Crippen molar-refractivity contribution in [2.24, 2.45) is 10.8 Å². The average Bonchev–Trinajstić information content (AvgIpc) is 1.93. The van der Waals surface area contributed by atoms with Gasteiger partial charge in [0.1, 0.15) is 0 Å². The van der Waals surface area contributed by atoms with E-state index in [2.05, 4.69) is 59.3 Å². The summed E-state index contributed by atoms with van der Waals surface area (Å²) in [7, 11) is 0. The number of hydrogen-bond donors (Lipinski definition) is 0. The lowest BCUT2D eigenvalue weighted by molar-refractivity contribution is 0.521. The molecule has 0 saturated carbocycles. The highest BCUT2D eigenvalue weighted by molar-refractivity contribution is 5.37. The van der Waals surface area contributed by atoms with E-state index in [0.29, 0.717) is 0 Å². The molecule has 0 aromatic heterocycles. The van der Waals surface area contributed by atoms with Crippen LogP contribution in [-0.4, -0.2) is 0 Å². The maximum Gasteiger partial charge on any atom is 0.0233 e. The molecule has 0 aromatic rings. The summed E-state index contributed by atoms with van der Waals surface area (Å²) in [5.74, 6) is 8.85. The van der Waals surface area contributed by atoms with Crippen LogP contribution in [0.3, 0.4) is 0 Å². The van der Waals surface area contributed by atoms with Gasteiger partial charge < -0.3 is 0 Å². The van der Waals surface area contributed by atoms with Gasteiger partial charge in [-0.3, -0.25) is 0 Å². The molecule has 0 aliphatic heterocycles. The third-order valence-corrected chi connectivity index (χ3v) is 1.63. The highest BCUT2D eigenvalue weighted by Gasteiger charge is 2.14. The second kappa shape index (κ2) is 4.39. The summed E-state index contributed by atoms with van der Waals surface area (Å²) < 4.78 is 0. The Labute approximate surface area is 88.8 Å². The molecule has 0 aromatic carbocycles. The van der Waals surface area contributed by atoms with Crippen LogP contribution in [0.5, 0.6) is 0 Å². The summed E-state index contributed by atoms with van der Waals surface area (Å²) in [6, 6.07) is 0. The van der Waals surface area contributed by atoms with Crippen molar-refractivity contribution in [2.45, 2.75) is 41.5 Å². The molecule has 14 heavy (non-hydrogen) atoms. The standard InChI is InChI=1S/C14H20/c1-8-12(14(5,6)7)10-9-11-13(2,3)4/h1,10H,2-7H3/b12-10+. The predicted octanol–water partition coefficient (Wildman–Crippen LogP) is 3.64. The first-order valence-corrected chi connectivity index (χ1v) is 4.87. The van der Waals surface area contributed by atoms with Crippen molar-refractivity contribution in [1.82, 2.24) is 0 Å². The zero-order valence-corrected chi connectivity index (χ0v) is 10.2. The lowest BCUT2D eigenvalue weighted by Crippen LogP contribution is -2.07. The molecule has 0 rings (SSSR count). The van der Waals surface area contributed by atoms with Crippen molar-refractivity contribution in [3.63, 3.8) is 0 Å². The molecule has 76 valence electrons. The van der Waals surface area contributed by atoms with Gasteiger partial charge in [0.25, 0.3) is 0 Å². The SMILES string of the molecule is C#C/C(=C\C#CC(C)(C)C)C(C)(C)C. The zero-order chi connectivity index (χ0) is 11.4. The molecule has 0 unspecified atom stereocenters. The van der Waals surface area contributed by atoms with E-state index < -0.39 is 0 Å². The summed E-state index contributed by atoms with van der Waals surface area (Å²) >= 11 is 0. The molecule has 0 N–H and O–H groups in total. The number of terminal acetylenes is 1. The Kier molecular flexibility index (Phi) is 4.03. The van der Waals surface area contributed by atoms with Crippen LogP contribution in [0.2, 0.25) is 0 Å². The topological polar surface area (TPSA) is 0 Å². The van der Waals surface area contributed by atoms with Gasteiger partial charge in [-0.2, -0.15) is 0 Å². The van der Waals surface area contributed by atoms with E-state index in [1.54, 1.807) is 0 Å². The van der Waals surface area contributed by atoms with Gasteiger partial charge in [-0.15, -0.1) is 6.42 Å². The molecule has 0 heterocycles. The van der Waals surface area contributed by atoms with Gasteiger partial charge in [0.05, 0.1) is 0 Å². The van der Waals surface area contributed by atoms with Crippen molar-refractivity contribution in [1.29, 1.82) is 0 Å². The van der Waals surface area contributed by atoms with E-state index in [1.807, 2.05) is 6.08 Å². The second-order valence-electron chi connectivity index (χ2n) is 5.47. The Bertz CT molecular complexity index is 310. The molecule has 0 aliphatic rings. The summed E-state index contributed by atoms with van der Waals surface area (Å²) in [6.07, 6.45) is 7.28. The van der Waals surface area contributed by atoms with E-state index >= 15 is 0 Å². The Morgan fingerprint density at radius 1 is 1.07 bits per heavy atom. The van der Waals surface area contributed by atoms with Gasteiger partial charge >= 0.3 is 0 Å². The summed E-state index contributed by atoms with van der Waals surface area (Å²) in [5.41, 5.74) is 1.00. The van der Waals surface area contributed by atoms with E-state index in [0.717, 1.165) is 5.57 Å².